The fourth-order valence-corrected chi connectivity index (χ4v) is 5.31. The number of nitrogens with zero attached hydrogens (tertiary/aromatic N) is 4. The summed E-state index contributed by atoms with van der Waals surface area (Å²) >= 11 is 2.22. The molecule has 38 heavy (non-hydrogen) atoms. The molecule has 5 rings (SSSR count). The molecule has 9 heteroatoms. The van der Waals surface area contributed by atoms with E-state index in [1.54, 1.807) is 53.0 Å². The Morgan fingerprint density at radius 3 is 2.34 bits per heavy atom. The number of carbonyl (C=O) groups excluding carboxylic acids is 1. The minimum absolute atomic E-state index is 0.0662. The lowest BCUT2D eigenvalue weighted by molar-refractivity contribution is 0.0747. The molecule has 1 saturated heterocycles. The summed E-state index contributed by atoms with van der Waals surface area (Å²) in [5.41, 5.74) is 2.31. The van der Waals surface area contributed by atoms with E-state index in [-0.39, 0.29) is 23.8 Å². The number of ether oxygens (including phenoxy) is 1. The van der Waals surface area contributed by atoms with Crippen LogP contribution in [0.15, 0.2) is 71.5 Å². The minimum Gasteiger partial charge on any atom is -0.497 e. The molecule has 0 radical (unpaired) electrons. The zero-order chi connectivity index (χ0) is 26.8. The summed E-state index contributed by atoms with van der Waals surface area (Å²) in [6.07, 6.45) is 0. The molecular formula is C29H24FIN4O3. The maximum atomic E-state index is 13.6. The van der Waals surface area contributed by atoms with Gasteiger partial charge in [0.05, 0.1) is 24.9 Å². The van der Waals surface area contributed by atoms with Gasteiger partial charge in [0.25, 0.3) is 11.5 Å². The molecule has 0 aliphatic carbocycles. The molecule has 3 aromatic carbocycles. The van der Waals surface area contributed by atoms with Gasteiger partial charge in [-0.25, -0.2) is 4.39 Å². The highest BCUT2D eigenvalue weighted by Crippen LogP contribution is 2.31. The zero-order valence-corrected chi connectivity index (χ0v) is 22.8. The normalized spacial score (nSPS) is 13.4. The second kappa shape index (κ2) is 10.8. The van der Waals surface area contributed by atoms with Gasteiger partial charge in [-0.2, -0.15) is 5.26 Å². The average Bonchev–Trinajstić information content (AvgIpc) is 2.95. The lowest BCUT2D eigenvalue weighted by atomic mass is 10.1. The molecule has 2 heterocycles. The van der Waals surface area contributed by atoms with E-state index in [2.05, 4.69) is 28.7 Å². The van der Waals surface area contributed by atoms with E-state index in [1.165, 1.54) is 12.1 Å². The fourth-order valence-electron chi connectivity index (χ4n) is 4.82. The van der Waals surface area contributed by atoms with Gasteiger partial charge in [-0.1, -0.05) is 12.1 Å². The number of pyridine rings is 1. The van der Waals surface area contributed by atoms with Crippen molar-refractivity contribution >= 4 is 45.1 Å². The van der Waals surface area contributed by atoms with E-state index in [0.717, 1.165) is 14.5 Å². The summed E-state index contributed by atoms with van der Waals surface area (Å²) < 4.78 is 21.2. The van der Waals surface area contributed by atoms with Gasteiger partial charge in [-0.3, -0.25) is 9.59 Å². The molecule has 1 fully saturated rings. The predicted octanol–water partition coefficient (Wildman–Crippen LogP) is 4.64. The largest absolute Gasteiger partial charge is 0.497 e. The topological polar surface area (TPSA) is 78.6 Å². The van der Waals surface area contributed by atoms with Crippen LogP contribution in [0.4, 0.5) is 10.1 Å². The molecule has 0 bridgehead atoms. The number of amides is 1. The highest BCUT2D eigenvalue weighted by Gasteiger charge is 2.27. The molecular weight excluding hydrogens is 598 g/mol. The molecule has 4 aromatic rings. The predicted molar refractivity (Wildman–Crippen MR) is 152 cm³/mol. The Kier molecular flexibility index (Phi) is 7.33. The van der Waals surface area contributed by atoms with Gasteiger partial charge in [0.1, 0.15) is 23.2 Å². The number of anilines is 1. The molecule has 1 aromatic heterocycles. The van der Waals surface area contributed by atoms with Gasteiger partial charge in [0, 0.05) is 40.7 Å². The van der Waals surface area contributed by atoms with E-state index in [0.29, 0.717) is 48.7 Å². The van der Waals surface area contributed by atoms with Gasteiger partial charge in [0.2, 0.25) is 0 Å². The van der Waals surface area contributed by atoms with Crippen LogP contribution in [-0.2, 0) is 6.54 Å². The van der Waals surface area contributed by atoms with Gasteiger partial charge in [0.15, 0.2) is 0 Å². The number of methoxy groups -OCH3 is 1. The Balaban J connectivity index is 1.48. The molecule has 0 N–H and O–H groups in total. The Morgan fingerprint density at radius 1 is 1.03 bits per heavy atom. The molecule has 1 aliphatic rings. The van der Waals surface area contributed by atoms with Gasteiger partial charge < -0.3 is 19.1 Å². The Bertz CT molecular complexity index is 1600. The van der Waals surface area contributed by atoms with E-state index in [1.807, 2.05) is 23.1 Å². The second-order valence-electron chi connectivity index (χ2n) is 9.02. The van der Waals surface area contributed by atoms with Crippen molar-refractivity contribution in [2.24, 2.45) is 0 Å². The summed E-state index contributed by atoms with van der Waals surface area (Å²) in [6, 6.07) is 20.9. The van der Waals surface area contributed by atoms with Crippen molar-refractivity contribution in [3.05, 3.63) is 103 Å². The Morgan fingerprint density at radius 2 is 1.71 bits per heavy atom. The zero-order valence-electron chi connectivity index (χ0n) is 20.7. The molecule has 192 valence electrons. The molecule has 0 spiro atoms. The van der Waals surface area contributed by atoms with Crippen LogP contribution in [0, 0.1) is 20.7 Å². The molecule has 1 amide bonds. The van der Waals surface area contributed by atoms with Crippen molar-refractivity contribution in [2.75, 3.05) is 38.2 Å². The number of nitriles is 1. The lowest BCUT2D eigenvalue weighted by Gasteiger charge is -2.37. The lowest BCUT2D eigenvalue weighted by Crippen LogP contribution is -2.49. The van der Waals surface area contributed by atoms with Crippen LogP contribution in [0.1, 0.15) is 21.5 Å². The first kappa shape index (κ1) is 25.7. The first-order valence-corrected chi connectivity index (χ1v) is 13.2. The summed E-state index contributed by atoms with van der Waals surface area (Å²) in [6.45, 7) is 2.10. The van der Waals surface area contributed by atoms with Crippen LogP contribution in [-0.4, -0.2) is 48.7 Å². The van der Waals surface area contributed by atoms with Crippen LogP contribution in [0.25, 0.3) is 10.9 Å². The van der Waals surface area contributed by atoms with Crippen molar-refractivity contribution in [3.8, 4) is 11.8 Å². The van der Waals surface area contributed by atoms with Gasteiger partial charge in [-0.15, -0.1) is 0 Å². The molecule has 1 aliphatic heterocycles. The van der Waals surface area contributed by atoms with Crippen LogP contribution in [0.3, 0.4) is 0 Å². The number of fused-ring (bicyclic) bond motifs is 1. The summed E-state index contributed by atoms with van der Waals surface area (Å²) in [7, 11) is 1.58. The van der Waals surface area contributed by atoms with Crippen LogP contribution in [0.2, 0.25) is 0 Å². The Labute approximate surface area is 232 Å². The number of piperazine rings is 1. The highest BCUT2D eigenvalue weighted by molar-refractivity contribution is 14.1. The SMILES string of the molecule is COc1ccc(C(=O)N2CCN(c3c(C#N)c(=O)n(Cc4ccc(F)cc4)c4ccc(I)cc34)CC2)cc1. The summed E-state index contributed by atoms with van der Waals surface area (Å²) in [4.78, 5) is 30.5. The van der Waals surface area contributed by atoms with E-state index >= 15 is 0 Å². The van der Waals surface area contributed by atoms with Crippen LogP contribution < -0.4 is 15.2 Å². The minimum atomic E-state index is -0.391. The number of halogens is 2. The van der Waals surface area contributed by atoms with Crippen molar-refractivity contribution in [1.82, 2.24) is 9.47 Å². The summed E-state index contributed by atoms with van der Waals surface area (Å²) in [5.74, 6) is 0.270. The van der Waals surface area contributed by atoms with Gasteiger partial charge in [-0.05, 0) is 82.8 Å². The van der Waals surface area contributed by atoms with Crippen molar-refractivity contribution in [1.29, 1.82) is 5.26 Å². The molecule has 0 unspecified atom stereocenters. The maximum absolute atomic E-state index is 13.6. The third-order valence-corrected chi connectivity index (χ3v) is 7.46. The quantitative estimate of drug-likeness (QED) is 0.304. The second-order valence-corrected chi connectivity index (χ2v) is 10.3. The standard InChI is InChI=1S/C29H24FIN4O3/c1-38-23-9-4-20(5-10-23)28(36)34-14-12-33(13-15-34)27-24-16-22(31)8-11-26(24)35(29(37)25(27)17-32)18-19-2-6-21(30)7-3-19/h2-11,16H,12-15,18H2,1H3. The Hall–Kier alpha value is -3.91. The number of rotatable bonds is 5. The maximum Gasteiger partial charge on any atom is 0.271 e. The molecule has 7 nitrogen and oxygen atoms in total. The van der Waals surface area contributed by atoms with Crippen LogP contribution >= 0.6 is 22.6 Å². The monoisotopic (exact) mass is 622 g/mol. The van der Waals surface area contributed by atoms with E-state index in [9.17, 15) is 19.2 Å². The number of carbonyl (C=O) groups is 1. The number of aromatic nitrogens is 1. The highest BCUT2D eigenvalue weighted by atomic mass is 127. The first-order chi connectivity index (χ1) is 18.4. The molecule has 0 atom stereocenters. The van der Waals surface area contributed by atoms with Crippen molar-refractivity contribution < 1.29 is 13.9 Å². The smallest absolute Gasteiger partial charge is 0.271 e. The third kappa shape index (κ3) is 4.96. The summed E-state index contributed by atoms with van der Waals surface area (Å²) in [5, 5.41) is 10.9. The van der Waals surface area contributed by atoms with E-state index in [4.69, 9.17) is 4.74 Å². The molecule has 0 saturated carbocycles. The van der Waals surface area contributed by atoms with E-state index < -0.39 is 5.56 Å². The third-order valence-electron chi connectivity index (χ3n) is 6.79. The average molecular weight is 622 g/mol. The number of hydrogen-bond acceptors (Lipinski definition) is 5. The van der Waals surface area contributed by atoms with Gasteiger partial charge >= 0.3 is 0 Å². The van der Waals surface area contributed by atoms with Crippen molar-refractivity contribution in [2.45, 2.75) is 6.54 Å². The van der Waals surface area contributed by atoms with Crippen molar-refractivity contribution in [3.63, 3.8) is 0 Å². The fraction of sp³-hybridized carbons (Fsp3) is 0.207. The first-order valence-electron chi connectivity index (χ1n) is 12.1. The van der Waals surface area contributed by atoms with Crippen LogP contribution in [0.5, 0.6) is 5.75 Å². The number of hydrogen-bond donors (Lipinski definition) is 0. The number of benzene rings is 3.